The molecule has 0 unspecified atom stereocenters. The molecule has 1 aliphatic heterocycles. The molecule has 2 aromatic rings. The fraction of sp³-hybridized carbons (Fsp3) is 0.467. The number of aromatic amines is 1. The Kier molecular flexibility index (Phi) is 4.26. The second-order valence-electron chi connectivity index (χ2n) is 5.49. The number of nitrogens with zero attached hydrogens (tertiary/aromatic N) is 3. The number of nitrogens with one attached hydrogen (secondary N) is 2. The van der Waals surface area contributed by atoms with Crippen molar-refractivity contribution in [2.45, 2.75) is 25.8 Å². The van der Waals surface area contributed by atoms with E-state index in [4.69, 9.17) is 0 Å². The molecule has 0 radical (unpaired) electrons. The number of rotatable bonds is 3. The first-order chi connectivity index (χ1) is 10.2. The van der Waals surface area contributed by atoms with Gasteiger partial charge in [0.15, 0.2) is 5.82 Å². The van der Waals surface area contributed by atoms with Gasteiger partial charge in [-0.2, -0.15) is 4.98 Å². The van der Waals surface area contributed by atoms with Crippen molar-refractivity contribution in [3.8, 4) is 11.4 Å². The second-order valence-corrected chi connectivity index (χ2v) is 6.41. The number of aromatic nitrogens is 3. The lowest BCUT2D eigenvalue weighted by molar-refractivity contribution is 0.439. The van der Waals surface area contributed by atoms with Gasteiger partial charge in [0.25, 0.3) is 0 Å². The van der Waals surface area contributed by atoms with Gasteiger partial charge in [0, 0.05) is 29.2 Å². The van der Waals surface area contributed by atoms with Crippen LogP contribution < -0.4 is 10.2 Å². The Morgan fingerprint density at radius 1 is 1.33 bits per heavy atom. The molecule has 2 N–H and O–H groups in total. The minimum Gasteiger partial charge on any atom is -0.339 e. The zero-order valence-electron chi connectivity index (χ0n) is 12.4. The van der Waals surface area contributed by atoms with Gasteiger partial charge in [-0.3, -0.25) is 5.10 Å². The number of piperidine rings is 1. The van der Waals surface area contributed by atoms with E-state index in [2.05, 4.69) is 60.4 Å². The molecule has 21 heavy (non-hydrogen) atoms. The molecule has 112 valence electrons. The van der Waals surface area contributed by atoms with E-state index in [-0.39, 0.29) is 0 Å². The van der Waals surface area contributed by atoms with E-state index in [1.807, 2.05) is 13.1 Å². The summed E-state index contributed by atoms with van der Waals surface area (Å²) in [4.78, 5) is 6.93. The molecule has 0 aliphatic carbocycles. The topological polar surface area (TPSA) is 56.8 Å². The summed E-state index contributed by atoms with van der Waals surface area (Å²) in [5.41, 5.74) is 2.28. The van der Waals surface area contributed by atoms with Gasteiger partial charge < -0.3 is 10.2 Å². The van der Waals surface area contributed by atoms with Gasteiger partial charge in [-0.15, -0.1) is 5.10 Å². The summed E-state index contributed by atoms with van der Waals surface area (Å²) in [7, 11) is 2.03. The third-order valence-electron chi connectivity index (χ3n) is 4.11. The maximum atomic E-state index is 4.67. The average Bonchev–Trinajstić information content (AvgIpc) is 2.99. The summed E-state index contributed by atoms with van der Waals surface area (Å²) >= 11 is 3.51. The number of aryl methyl sites for hydroxylation is 1. The molecule has 1 aromatic carbocycles. The summed E-state index contributed by atoms with van der Waals surface area (Å²) < 4.78 is 1.05. The summed E-state index contributed by atoms with van der Waals surface area (Å²) in [5, 5.41) is 10.8. The standard InChI is InChI=1S/C15H20BrN5/c1-10-3-4-11(16)9-13(10)14-18-15(20-19-14)21-7-5-12(17-2)6-8-21/h3-4,9,12,17H,5-8H2,1-2H3,(H,18,19,20). The molecule has 3 rings (SSSR count). The molecule has 1 fully saturated rings. The molecule has 2 heterocycles. The predicted molar refractivity (Wildman–Crippen MR) is 88.6 cm³/mol. The van der Waals surface area contributed by atoms with Crippen molar-refractivity contribution >= 4 is 21.9 Å². The van der Waals surface area contributed by atoms with E-state index in [9.17, 15) is 0 Å². The Hall–Kier alpha value is -1.40. The minimum absolute atomic E-state index is 0.618. The Balaban J connectivity index is 1.79. The minimum atomic E-state index is 0.618. The Morgan fingerprint density at radius 2 is 2.10 bits per heavy atom. The number of hydrogen-bond donors (Lipinski definition) is 2. The van der Waals surface area contributed by atoms with Gasteiger partial charge >= 0.3 is 0 Å². The van der Waals surface area contributed by atoms with Gasteiger partial charge in [-0.05, 0) is 44.5 Å². The fourth-order valence-electron chi connectivity index (χ4n) is 2.73. The van der Waals surface area contributed by atoms with Crippen LogP contribution in [-0.4, -0.2) is 41.4 Å². The van der Waals surface area contributed by atoms with Crippen LogP contribution in [0.5, 0.6) is 0 Å². The normalized spacial score (nSPS) is 16.4. The molecule has 5 nitrogen and oxygen atoms in total. The lowest BCUT2D eigenvalue weighted by atomic mass is 10.1. The molecule has 6 heteroatoms. The molecule has 0 spiro atoms. The molecular weight excluding hydrogens is 330 g/mol. The summed E-state index contributed by atoms with van der Waals surface area (Å²) in [6, 6.07) is 6.82. The van der Waals surface area contributed by atoms with Gasteiger partial charge in [0.05, 0.1) is 0 Å². The van der Waals surface area contributed by atoms with Crippen LogP contribution in [0.25, 0.3) is 11.4 Å². The Labute approximate surface area is 133 Å². The van der Waals surface area contributed by atoms with Crippen LogP contribution in [0.2, 0.25) is 0 Å². The highest BCUT2D eigenvalue weighted by atomic mass is 79.9. The van der Waals surface area contributed by atoms with Crippen molar-refractivity contribution in [2.75, 3.05) is 25.0 Å². The van der Waals surface area contributed by atoms with Crippen molar-refractivity contribution in [1.82, 2.24) is 20.5 Å². The predicted octanol–water partition coefficient (Wildman–Crippen LogP) is 2.73. The Bertz CT molecular complexity index is 616. The van der Waals surface area contributed by atoms with Gasteiger partial charge in [0.1, 0.15) is 0 Å². The Morgan fingerprint density at radius 3 is 2.81 bits per heavy atom. The number of anilines is 1. The van der Waals surface area contributed by atoms with Crippen LogP contribution in [0.15, 0.2) is 22.7 Å². The number of benzene rings is 1. The molecule has 1 saturated heterocycles. The van der Waals surface area contributed by atoms with Gasteiger partial charge in [-0.25, -0.2) is 0 Å². The highest BCUT2D eigenvalue weighted by Gasteiger charge is 2.21. The van der Waals surface area contributed by atoms with Crippen molar-refractivity contribution in [3.63, 3.8) is 0 Å². The molecule has 0 bridgehead atoms. The van der Waals surface area contributed by atoms with E-state index in [0.717, 1.165) is 47.7 Å². The van der Waals surface area contributed by atoms with E-state index in [0.29, 0.717) is 6.04 Å². The quantitative estimate of drug-likeness (QED) is 0.894. The first-order valence-corrected chi connectivity index (χ1v) is 8.08. The molecule has 1 aliphatic rings. The van der Waals surface area contributed by atoms with Crippen LogP contribution in [-0.2, 0) is 0 Å². The zero-order chi connectivity index (χ0) is 14.8. The monoisotopic (exact) mass is 349 g/mol. The van der Waals surface area contributed by atoms with Crippen LogP contribution >= 0.6 is 15.9 Å². The smallest absolute Gasteiger partial charge is 0.245 e. The van der Waals surface area contributed by atoms with E-state index in [1.54, 1.807) is 0 Å². The average molecular weight is 350 g/mol. The fourth-order valence-corrected chi connectivity index (χ4v) is 3.09. The maximum absolute atomic E-state index is 4.67. The highest BCUT2D eigenvalue weighted by Crippen LogP contribution is 2.26. The summed E-state index contributed by atoms with van der Waals surface area (Å²) in [5.74, 6) is 1.64. The third-order valence-corrected chi connectivity index (χ3v) is 4.61. The lowest BCUT2D eigenvalue weighted by Crippen LogP contribution is -2.41. The number of halogens is 1. The summed E-state index contributed by atoms with van der Waals surface area (Å²) in [6.07, 6.45) is 2.27. The van der Waals surface area contributed by atoms with Crippen LogP contribution in [0.1, 0.15) is 18.4 Å². The van der Waals surface area contributed by atoms with Crippen molar-refractivity contribution < 1.29 is 0 Å². The maximum Gasteiger partial charge on any atom is 0.245 e. The van der Waals surface area contributed by atoms with Crippen molar-refractivity contribution in [3.05, 3.63) is 28.2 Å². The number of hydrogen-bond acceptors (Lipinski definition) is 4. The lowest BCUT2D eigenvalue weighted by Gasteiger charge is -2.30. The molecule has 0 saturated carbocycles. The molecular formula is C15H20BrN5. The molecule has 0 atom stereocenters. The van der Waals surface area contributed by atoms with E-state index in [1.165, 1.54) is 5.56 Å². The second kappa shape index (κ2) is 6.15. The third kappa shape index (κ3) is 3.11. The highest BCUT2D eigenvalue weighted by molar-refractivity contribution is 9.10. The van der Waals surface area contributed by atoms with Gasteiger partial charge in [0.2, 0.25) is 5.95 Å². The largest absolute Gasteiger partial charge is 0.339 e. The van der Waals surface area contributed by atoms with Gasteiger partial charge in [-0.1, -0.05) is 22.0 Å². The van der Waals surface area contributed by atoms with Crippen LogP contribution in [0.3, 0.4) is 0 Å². The van der Waals surface area contributed by atoms with Crippen molar-refractivity contribution in [1.29, 1.82) is 0 Å². The molecule has 1 aromatic heterocycles. The first-order valence-electron chi connectivity index (χ1n) is 7.28. The number of H-pyrrole nitrogens is 1. The summed E-state index contributed by atoms with van der Waals surface area (Å²) in [6.45, 7) is 4.09. The first kappa shape index (κ1) is 14.5. The molecule has 0 amide bonds. The SMILES string of the molecule is CNC1CCN(c2n[nH]c(-c3cc(Br)ccc3C)n2)CC1. The van der Waals surface area contributed by atoms with Crippen molar-refractivity contribution in [2.24, 2.45) is 0 Å². The van der Waals surface area contributed by atoms with Crippen LogP contribution in [0.4, 0.5) is 5.95 Å². The van der Waals surface area contributed by atoms with E-state index >= 15 is 0 Å². The van der Waals surface area contributed by atoms with E-state index < -0.39 is 0 Å². The zero-order valence-corrected chi connectivity index (χ0v) is 13.9. The van der Waals surface area contributed by atoms with Crippen LogP contribution in [0, 0.1) is 6.92 Å².